The molecule has 1 saturated heterocycles. The summed E-state index contributed by atoms with van der Waals surface area (Å²) in [7, 11) is -4.33. The van der Waals surface area contributed by atoms with Gasteiger partial charge in [-0.25, -0.2) is 17.1 Å². The Balaban J connectivity index is 1.53. The van der Waals surface area contributed by atoms with Crippen LogP contribution in [0, 0.1) is 5.82 Å². The van der Waals surface area contributed by atoms with Gasteiger partial charge in [0.2, 0.25) is 11.8 Å². The van der Waals surface area contributed by atoms with Crippen LogP contribution in [0.4, 0.5) is 4.39 Å². The molecule has 3 amide bonds. The second-order valence-corrected chi connectivity index (χ2v) is 12.0. The minimum atomic E-state index is -4.33. The van der Waals surface area contributed by atoms with E-state index in [2.05, 4.69) is 5.32 Å². The predicted octanol–water partition coefficient (Wildman–Crippen LogP) is 3.69. The SMILES string of the molecule is O=C(NC[C@H]1CCCO1)[C@@H](c1ccccc1F)N(Cc1ccccc1Cl)C(=O)CN1C(=O)c2ccccc2S1(=O)=O. The molecule has 0 spiro atoms. The van der Waals surface area contributed by atoms with Crippen molar-refractivity contribution in [1.82, 2.24) is 14.5 Å². The Morgan fingerprint density at radius 3 is 2.49 bits per heavy atom. The molecule has 12 heteroatoms. The van der Waals surface area contributed by atoms with E-state index in [9.17, 15) is 22.8 Å². The molecule has 2 aliphatic rings. The van der Waals surface area contributed by atoms with E-state index in [0.717, 1.165) is 17.7 Å². The Morgan fingerprint density at radius 1 is 1.07 bits per heavy atom. The number of amides is 3. The van der Waals surface area contributed by atoms with Crippen molar-refractivity contribution in [2.75, 3.05) is 19.7 Å². The van der Waals surface area contributed by atoms with E-state index in [1.807, 2.05) is 0 Å². The number of fused-ring (bicyclic) bond motifs is 1. The zero-order valence-corrected chi connectivity index (χ0v) is 23.4. The van der Waals surface area contributed by atoms with Gasteiger partial charge in [-0.2, -0.15) is 0 Å². The molecule has 3 aromatic rings. The number of benzene rings is 3. The van der Waals surface area contributed by atoms with Crippen LogP contribution in [-0.2, 0) is 30.9 Å². The summed E-state index contributed by atoms with van der Waals surface area (Å²) < 4.78 is 47.7. The number of hydrogen-bond donors (Lipinski definition) is 1. The maximum atomic E-state index is 15.2. The van der Waals surface area contributed by atoms with E-state index in [-0.39, 0.29) is 40.2 Å². The van der Waals surface area contributed by atoms with Gasteiger partial charge in [-0.3, -0.25) is 14.4 Å². The van der Waals surface area contributed by atoms with Crippen molar-refractivity contribution in [3.05, 3.63) is 100 Å². The van der Waals surface area contributed by atoms with E-state index in [4.69, 9.17) is 16.3 Å². The third-order valence-corrected chi connectivity index (χ3v) is 9.25. The highest BCUT2D eigenvalue weighted by atomic mass is 35.5. The second kappa shape index (κ2) is 12.0. The molecule has 0 radical (unpaired) electrons. The van der Waals surface area contributed by atoms with Crippen LogP contribution in [0.25, 0.3) is 0 Å². The molecule has 3 aromatic carbocycles. The summed E-state index contributed by atoms with van der Waals surface area (Å²) in [6, 6.07) is 16.3. The van der Waals surface area contributed by atoms with Crippen LogP contribution in [0.3, 0.4) is 0 Å². The normalized spacial score (nSPS) is 18.1. The van der Waals surface area contributed by atoms with Gasteiger partial charge in [-0.1, -0.05) is 60.1 Å². The van der Waals surface area contributed by atoms with Crippen molar-refractivity contribution >= 4 is 39.3 Å². The average Bonchev–Trinajstić information content (AvgIpc) is 3.55. The van der Waals surface area contributed by atoms with Crippen LogP contribution in [0.15, 0.2) is 77.7 Å². The van der Waals surface area contributed by atoms with E-state index < -0.39 is 46.1 Å². The number of carbonyl (C=O) groups excluding carboxylic acids is 3. The molecule has 0 bridgehead atoms. The highest BCUT2D eigenvalue weighted by Gasteiger charge is 2.44. The van der Waals surface area contributed by atoms with Gasteiger partial charge in [-0.05, 0) is 42.7 Å². The van der Waals surface area contributed by atoms with Crippen molar-refractivity contribution < 1.29 is 31.9 Å². The number of carbonyl (C=O) groups is 3. The lowest BCUT2D eigenvalue weighted by atomic mass is 10.0. The molecule has 9 nitrogen and oxygen atoms in total. The maximum Gasteiger partial charge on any atom is 0.269 e. The van der Waals surface area contributed by atoms with Crippen LogP contribution in [-0.4, -0.2) is 61.1 Å². The topological polar surface area (TPSA) is 113 Å². The lowest BCUT2D eigenvalue weighted by Gasteiger charge is -2.33. The monoisotopic (exact) mass is 599 g/mol. The number of hydrogen-bond acceptors (Lipinski definition) is 6. The zero-order valence-electron chi connectivity index (χ0n) is 21.8. The molecule has 41 heavy (non-hydrogen) atoms. The summed E-state index contributed by atoms with van der Waals surface area (Å²) >= 11 is 6.39. The molecule has 5 rings (SSSR count). The van der Waals surface area contributed by atoms with Gasteiger partial charge >= 0.3 is 0 Å². The molecule has 2 aliphatic heterocycles. The standard InChI is InChI=1S/C29H27ClFN3O6S/c30-23-12-4-1-8-19(23)17-33(26(35)18-34-29(37)22-11-3-6-14-25(22)41(34,38)39)27(21-10-2-5-13-24(21)31)28(36)32-16-20-9-7-15-40-20/h1-6,8,10-14,20,27H,7,9,15-18H2,(H,32,36)/t20-,27-/m1/s1. The first-order valence-electron chi connectivity index (χ1n) is 13.0. The first-order chi connectivity index (χ1) is 19.7. The highest BCUT2D eigenvalue weighted by molar-refractivity contribution is 7.90. The van der Waals surface area contributed by atoms with Gasteiger partial charge in [0.05, 0.1) is 11.7 Å². The number of nitrogens with one attached hydrogen (secondary N) is 1. The number of ether oxygens (including phenoxy) is 1. The number of nitrogens with zero attached hydrogens (tertiary/aromatic N) is 2. The maximum absolute atomic E-state index is 15.2. The molecule has 1 fully saturated rings. The summed E-state index contributed by atoms with van der Waals surface area (Å²) in [6.45, 7) is -0.453. The Bertz CT molecular complexity index is 1590. The molecule has 0 saturated carbocycles. The quantitative estimate of drug-likeness (QED) is 0.401. The van der Waals surface area contributed by atoms with Gasteiger partial charge in [-0.15, -0.1) is 0 Å². The van der Waals surface area contributed by atoms with Crippen molar-refractivity contribution in [1.29, 1.82) is 0 Å². The number of sulfonamides is 1. The molecule has 2 atom stereocenters. The number of halogens is 2. The molecule has 0 aromatic heterocycles. The second-order valence-electron chi connectivity index (χ2n) is 9.73. The van der Waals surface area contributed by atoms with Crippen LogP contribution in [0.2, 0.25) is 5.02 Å². The van der Waals surface area contributed by atoms with Gasteiger partial charge in [0.1, 0.15) is 23.3 Å². The highest BCUT2D eigenvalue weighted by Crippen LogP contribution is 2.32. The third-order valence-electron chi connectivity index (χ3n) is 7.10. The molecular formula is C29H27ClFN3O6S. The molecule has 1 N–H and O–H groups in total. The van der Waals surface area contributed by atoms with Crippen LogP contribution < -0.4 is 5.32 Å². The Kier molecular flexibility index (Phi) is 8.39. The van der Waals surface area contributed by atoms with Gasteiger partial charge in [0, 0.05) is 30.3 Å². The van der Waals surface area contributed by atoms with Gasteiger partial charge < -0.3 is 15.0 Å². The molecule has 0 unspecified atom stereocenters. The lowest BCUT2D eigenvalue weighted by molar-refractivity contribution is -0.141. The summed E-state index contributed by atoms with van der Waals surface area (Å²) in [4.78, 5) is 41.6. The fraction of sp³-hybridized carbons (Fsp3) is 0.276. The summed E-state index contributed by atoms with van der Waals surface area (Å²) in [6.07, 6.45) is 1.36. The fourth-order valence-electron chi connectivity index (χ4n) is 5.00. The largest absolute Gasteiger partial charge is 0.376 e. The van der Waals surface area contributed by atoms with Gasteiger partial charge in [0.15, 0.2) is 0 Å². The first-order valence-corrected chi connectivity index (χ1v) is 14.8. The Morgan fingerprint density at radius 2 is 1.78 bits per heavy atom. The summed E-state index contributed by atoms with van der Waals surface area (Å²) in [5.74, 6) is -3.18. The minimum Gasteiger partial charge on any atom is -0.376 e. The number of rotatable bonds is 9. The zero-order chi connectivity index (χ0) is 29.1. The molecule has 214 valence electrons. The van der Waals surface area contributed by atoms with E-state index >= 15 is 4.39 Å². The third kappa shape index (κ3) is 5.83. The average molecular weight is 600 g/mol. The van der Waals surface area contributed by atoms with Crippen molar-refractivity contribution in [3.63, 3.8) is 0 Å². The van der Waals surface area contributed by atoms with Crippen LogP contribution in [0.5, 0.6) is 0 Å². The van der Waals surface area contributed by atoms with E-state index in [1.54, 1.807) is 24.3 Å². The smallest absolute Gasteiger partial charge is 0.269 e. The van der Waals surface area contributed by atoms with Gasteiger partial charge in [0.25, 0.3) is 15.9 Å². The lowest BCUT2D eigenvalue weighted by Crippen LogP contribution is -2.49. The fourth-order valence-corrected chi connectivity index (χ4v) is 6.71. The first kappa shape index (κ1) is 28.7. The minimum absolute atomic E-state index is 0.0575. The Hall–Kier alpha value is -3.80. The summed E-state index contributed by atoms with van der Waals surface area (Å²) in [5.41, 5.74) is 0.282. The Labute approximate surface area is 241 Å². The van der Waals surface area contributed by atoms with E-state index in [0.29, 0.717) is 16.5 Å². The molecular weight excluding hydrogens is 573 g/mol. The van der Waals surface area contributed by atoms with E-state index in [1.165, 1.54) is 48.5 Å². The summed E-state index contributed by atoms with van der Waals surface area (Å²) in [5, 5.41) is 3.05. The van der Waals surface area contributed by atoms with Crippen molar-refractivity contribution in [2.45, 2.75) is 36.4 Å². The molecule has 0 aliphatic carbocycles. The van der Waals surface area contributed by atoms with Crippen molar-refractivity contribution in [3.8, 4) is 0 Å². The van der Waals surface area contributed by atoms with Crippen LogP contribution >= 0.6 is 11.6 Å². The van der Waals surface area contributed by atoms with Crippen molar-refractivity contribution in [2.24, 2.45) is 0 Å². The predicted molar refractivity (Wildman–Crippen MR) is 148 cm³/mol. The van der Waals surface area contributed by atoms with Crippen LogP contribution in [0.1, 0.15) is 40.4 Å². The molecule has 2 heterocycles.